The van der Waals surface area contributed by atoms with Crippen LogP contribution in [0.5, 0.6) is 0 Å². The van der Waals surface area contributed by atoms with Gasteiger partial charge in [0, 0.05) is 0 Å². The first-order valence-corrected chi connectivity index (χ1v) is 10.8. The molecule has 0 aromatic carbocycles. The van der Waals surface area contributed by atoms with E-state index in [9.17, 15) is 5.11 Å². The molecule has 0 radical (unpaired) electrons. The fraction of sp³-hybridized carbons (Fsp3) is 1.00. The van der Waals surface area contributed by atoms with Gasteiger partial charge in [0.2, 0.25) is 0 Å². The summed E-state index contributed by atoms with van der Waals surface area (Å²) in [5.41, 5.74) is 0.158. The lowest BCUT2D eigenvalue weighted by atomic mass is 9.74. The second kappa shape index (κ2) is 15.5. The average Bonchev–Trinajstić information content (AvgIpc) is 2.54. The maximum atomic E-state index is 10.6. The molecule has 0 heterocycles. The SMILES string of the molecule is CCCCCCCCC(C)(CCCCCCCC)C(O)CCC. The van der Waals surface area contributed by atoms with Crippen molar-refractivity contribution in [2.24, 2.45) is 5.41 Å². The zero-order valence-electron chi connectivity index (χ0n) is 16.8. The third-order valence-electron chi connectivity index (χ3n) is 5.57. The highest BCUT2D eigenvalue weighted by Gasteiger charge is 2.31. The molecule has 1 nitrogen and oxygen atoms in total. The minimum Gasteiger partial charge on any atom is -0.393 e. The highest BCUT2D eigenvalue weighted by Crippen LogP contribution is 2.36. The molecule has 0 rings (SSSR count). The molecule has 0 saturated heterocycles. The van der Waals surface area contributed by atoms with Crippen LogP contribution in [0, 0.1) is 5.41 Å². The van der Waals surface area contributed by atoms with Crippen molar-refractivity contribution in [3.63, 3.8) is 0 Å². The van der Waals surface area contributed by atoms with Crippen molar-refractivity contribution >= 4 is 0 Å². The van der Waals surface area contributed by atoms with E-state index in [1.54, 1.807) is 0 Å². The van der Waals surface area contributed by atoms with Crippen LogP contribution in [0.2, 0.25) is 0 Å². The van der Waals surface area contributed by atoms with Crippen LogP contribution in [0.4, 0.5) is 0 Å². The molecular weight excluding hydrogens is 280 g/mol. The summed E-state index contributed by atoms with van der Waals surface area (Å²) in [5.74, 6) is 0. The predicted octanol–water partition coefficient (Wildman–Crippen LogP) is 7.65. The van der Waals surface area contributed by atoms with Crippen LogP contribution < -0.4 is 0 Å². The van der Waals surface area contributed by atoms with Crippen LogP contribution in [0.25, 0.3) is 0 Å². The lowest BCUT2D eigenvalue weighted by Crippen LogP contribution is -2.32. The summed E-state index contributed by atoms with van der Waals surface area (Å²) in [4.78, 5) is 0. The number of hydrogen-bond donors (Lipinski definition) is 1. The topological polar surface area (TPSA) is 20.2 Å². The van der Waals surface area contributed by atoms with E-state index in [1.807, 2.05) is 0 Å². The molecule has 1 heteroatoms. The zero-order valence-corrected chi connectivity index (χ0v) is 16.8. The summed E-state index contributed by atoms with van der Waals surface area (Å²) < 4.78 is 0. The largest absolute Gasteiger partial charge is 0.393 e. The van der Waals surface area contributed by atoms with Gasteiger partial charge in [-0.15, -0.1) is 0 Å². The van der Waals surface area contributed by atoms with Crippen LogP contribution in [0.3, 0.4) is 0 Å². The van der Waals surface area contributed by atoms with E-state index in [1.165, 1.54) is 89.9 Å². The first kappa shape index (κ1) is 23.0. The van der Waals surface area contributed by atoms with E-state index in [0.717, 1.165) is 12.8 Å². The molecule has 1 N–H and O–H groups in total. The molecule has 1 unspecified atom stereocenters. The van der Waals surface area contributed by atoms with Crippen LogP contribution in [-0.4, -0.2) is 11.2 Å². The highest BCUT2D eigenvalue weighted by molar-refractivity contribution is 4.82. The van der Waals surface area contributed by atoms with Crippen molar-refractivity contribution < 1.29 is 5.11 Å². The van der Waals surface area contributed by atoms with Crippen molar-refractivity contribution in [3.8, 4) is 0 Å². The summed E-state index contributed by atoms with van der Waals surface area (Å²) in [5, 5.41) is 10.6. The number of hydrogen-bond acceptors (Lipinski definition) is 1. The Morgan fingerprint density at radius 2 is 1.00 bits per heavy atom. The van der Waals surface area contributed by atoms with E-state index in [0.29, 0.717) is 0 Å². The predicted molar refractivity (Wildman–Crippen MR) is 105 cm³/mol. The molecule has 0 aromatic heterocycles. The van der Waals surface area contributed by atoms with Gasteiger partial charge in [-0.3, -0.25) is 0 Å². The Hall–Kier alpha value is -0.0400. The molecular formula is C22H46O. The molecule has 0 aliphatic carbocycles. The minimum absolute atomic E-state index is 0.0983. The van der Waals surface area contributed by atoms with Crippen LogP contribution in [0.15, 0.2) is 0 Å². The standard InChI is InChI=1S/C22H46O/c1-5-8-10-12-14-16-19-22(4,21(23)18-7-3)20-17-15-13-11-9-6-2/h21,23H,5-20H2,1-4H3. The fourth-order valence-electron chi connectivity index (χ4n) is 3.70. The monoisotopic (exact) mass is 326 g/mol. The van der Waals surface area contributed by atoms with Crippen molar-refractivity contribution in [3.05, 3.63) is 0 Å². The Bertz CT molecular complexity index is 220. The van der Waals surface area contributed by atoms with Gasteiger partial charge in [-0.1, -0.05) is 111 Å². The molecule has 0 bridgehead atoms. The summed E-state index contributed by atoms with van der Waals surface area (Å²) in [7, 11) is 0. The Kier molecular flexibility index (Phi) is 15.5. The Morgan fingerprint density at radius 3 is 1.39 bits per heavy atom. The number of aliphatic hydroxyl groups excluding tert-OH is 1. The number of unbranched alkanes of at least 4 members (excludes halogenated alkanes) is 10. The first-order chi connectivity index (χ1) is 11.1. The molecule has 1 atom stereocenters. The van der Waals surface area contributed by atoms with Gasteiger partial charge in [-0.05, 0) is 24.7 Å². The second-order valence-electron chi connectivity index (χ2n) is 7.99. The minimum atomic E-state index is -0.0983. The molecule has 0 fully saturated rings. The first-order valence-electron chi connectivity index (χ1n) is 10.8. The summed E-state index contributed by atoms with van der Waals surface area (Å²) in [6, 6.07) is 0. The van der Waals surface area contributed by atoms with Crippen molar-refractivity contribution in [2.75, 3.05) is 0 Å². The van der Waals surface area contributed by atoms with Crippen LogP contribution in [-0.2, 0) is 0 Å². The van der Waals surface area contributed by atoms with Gasteiger partial charge < -0.3 is 5.11 Å². The van der Waals surface area contributed by atoms with Crippen LogP contribution >= 0.6 is 0 Å². The maximum absolute atomic E-state index is 10.6. The highest BCUT2D eigenvalue weighted by atomic mass is 16.3. The smallest absolute Gasteiger partial charge is 0.0593 e. The third kappa shape index (κ3) is 12.0. The molecule has 0 saturated carbocycles. The van der Waals surface area contributed by atoms with Crippen molar-refractivity contribution in [1.82, 2.24) is 0 Å². The summed E-state index contributed by atoms with van der Waals surface area (Å²) in [6.07, 6.45) is 20.7. The van der Waals surface area contributed by atoms with E-state index in [2.05, 4.69) is 27.7 Å². The number of aliphatic hydroxyl groups is 1. The molecule has 0 aromatic rings. The second-order valence-corrected chi connectivity index (χ2v) is 7.99. The van der Waals surface area contributed by atoms with Gasteiger partial charge in [-0.25, -0.2) is 0 Å². The lowest BCUT2D eigenvalue weighted by molar-refractivity contribution is 0.0138. The summed E-state index contributed by atoms with van der Waals surface area (Å²) in [6.45, 7) is 9.10. The average molecular weight is 327 g/mol. The molecule has 23 heavy (non-hydrogen) atoms. The van der Waals surface area contributed by atoms with E-state index in [-0.39, 0.29) is 11.5 Å². The molecule has 0 spiro atoms. The quantitative estimate of drug-likeness (QED) is 0.272. The third-order valence-corrected chi connectivity index (χ3v) is 5.57. The molecule has 0 aliphatic heterocycles. The van der Waals surface area contributed by atoms with Gasteiger partial charge in [0.25, 0.3) is 0 Å². The Balaban J connectivity index is 4.08. The van der Waals surface area contributed by atoms with Crippen molar-refractivity contribution in [1.29, 1.82) is 0 Å². The zero-order chi connectivity index (χ0) is 17.4. The molecule has 0 aliphatic rings. The number of rotatable bonds is 17. The fourth-order valence-corrected chi connectivity index (χ4v) is 3.70. The normalized spacial score (nSPS) is 13.4. The van der Waals surface area contributed by atoms with Crippen molar-refractivity contribution in [2.45, 2.75) is 137 Å². The van der Waals surface area contributed by atoms with Gasteiger partial charge >= 0.3 is 0 Å². The van der Waals surface area contributed by atoms with Crippen LogP contribution in [0.1, 0.15) is 130 Å². The van der Waals surface area contributed by atoms with E-state index < -0.39 is 0 Å². The maximum Gasteiger partial charge on any atom is 0.0593 e. The van der Waals surface area contributed by atoms with Gasteiger partial charge in [0.1, 0.15) is 0 Å². The molecule has 140 valence electrons. The summed E-state index contributed by atoms with van der Waals surface area (Å²) >= 11 is 0. The Morgan fingerprint density at radius 1 is 0.609 bits per heavy atom. The lowest BCUT2D eigenvalue weighted by Gasteiger charge is -2.35. The van der Waals surface area contributed by atoms with E-state index >= 15 is 0 Å². The van der Waals surface area contributed by atoms with E-state index in [4.69, 9.17) is 0 Å². The van der Waals surface area contributed by atoms with Gasteiger partial charge in [0.05, 0.1) is 6.10 Å². The van der Waals surface area contributed by atoms with Gasteiger partial charge in [0.15, 0.2) is 0 Å². The van der Waals surface area contributed by atoms with Gasteiger partial charge in [-0.2, -0.15) is 0 Å². The Labute approximate surface area is 147 Å². The molecule has 0 amide bonds.